The molecule has 0 heterocycles. The molecule has 0 rings (SSSR count). The Morgan fingerprint density at radius 3 is 0.926 bits per heavy atom. The Bertz CT molecular complexity index is 2680. The second kappa shape index (κ2) is 44.4. The third-order valence-corrected chi connectivity index (χ3v) is 23.6. The quantitative estimate of drug-likeness (QED) is 0.0300. The van der Waals surface area contributed by atoms with Crippen LogP contribution in [0.1, 0.15) is 345 Å². The van der Waals surface area contributed by atoms with Gasteiger partial charge >= 0.3 is 0 Å². The molecular weight excluding hydrogens is 1360 g/mol. The Kier molecular flexibility index (Phi) is 43.0. The van der Waals surface area contributed by atoms with Gasteiger partial charge in [-0.3, -0.25) is 28.8 Å². The van der Waals surface area contributed by atoms with Gasteiger partial charge in [0, 0.05) is 124 Å². The Hall–Kier alpha value is -3.46. The van der Waals surface area contributed by atoms with Crippen molar-refractivity contribution in [2.45, 2.75) is 367 Å². The van der Waals surface area contributed by atoms with Gasteiger partial charge in [0.05, 0.1) is 48.8 Å². The SMILES string of the molecule is CCC(C)(C)CC(C)(C)CNC(=O)C(C)(C)CCOC(C)(C)CCNC(=O)C(C)(C)CCOC(C)(C)CCNC(=O)CC(C)(CC)COCC(C)(CC)CNCC(C)(CC)COCC(C)(CC)CC(=O)NCCC(C)(CC)OCCC(C)(C)C(=O)NCC(C)(C)OCCC(C)(C)C(=O)NCC(C)(C)CC(C)(C)C. The van der Waals surface area contributed by atoms with Crippen molar-refractivity contribution in [1.82, 2.24) is 37.2 Å². The molecular formula is C89H175N7O12. The van der Waals surface area contributed by atoms with Gasteiger partial charge in [0.15, 0.2) is 0 Å². The number of amides is 6. The van der Waals surface area contributed by atoms with Crippen LogP contribution < -0.4 is 37.2 Å². The first-order valence-corrected chi connectivity index (χ1v) is 42.0. The molecule has 7 N–H and O–H groups in total. The molecule has 0 aliphatic carbocycles. The van der Waals surface area contributed by atoms with Crippen molar-refractivity contribution in [3.63, 3.8) is 0 Å². The minimum atomic E-state index is -0.690. The number of hydrogen-bond donors (Lipinski definition) is 7. The maximum absolute atomic E-state index is 13.6. The summed E-state index contributed by atoms with van der Waals surface area (Å²) >= 11 is 0. The summed E-state index contributed by atoms with van der Waals surface area (Å²) in [5.74, 6) is -0.0747. The van der Waals surface area contributed by atoms with Crippen molar-refractivity contribution < 1.29 is 57.2 Å². The van der Waals surface area contributed by atoms with Gasteiger partial charge in [0.2, 0.25) is 35.4 Å². The highest BCUT2D eigenvalue weighted by Gasteiger charge is 2.39. The van der Waals surface area contributed by atoms with E-state index in [0.29, 0.717) is 150 Å². The molecule has 0 aromatic rings. The van der Waals surface area contributed by atoms with Crippen LogP contribution in [0, 0.1) is 65.0 Å². The highest BCUT2D eigenvalue weighted by atomic mass is 16.5. The molecule has 6 amide bonds. The van der Waals surface area contributed by atoms with Gasteiger partial charge in [-0.2, -0.15) is 0 Å². The number of hydrogen-bond acceptors (Lipinski definition) is 13. The molecule has 0 fully saturated rings. The summed E-state index contributed by atoms with van der Waals surface area (Å²) < 4.78 is 38.4. The van der Waals surface area contributed by atoms with Crippen LogP contribution in [0.25, 0.3) is 0 Å². The van der Waals surface area contributed by atoms with Gasteiger partial charge in [0.1, 0.15) is 0 Å². The maximum Gasteiger partial charge on any atom is 0.225 e. The predicted molar refractivity (Wildman–Crippen MR) is 448 cm³/mol. The van der Waals surface area contributed by atoms with Crippen LogP contribution in [-0.4, -0.2) is 163 Å². The standard InChI is InChI=1S/C89H175N7O12/c1-35-75(10,11)58-77(14,15)60-95-72(101)79(18,19)45-52-106-83(26,27)42-49-93-70(99)78(16,17)44-51-105-82(24,25)41-48-91-68(97)55-85(30,36-2)64-103-66-87(32,38-4)62-90-63-88(33,39-5)67-104-65-86(31,37-3)56-69(98)92-50-43-89(34,40-6)108-54-47-81(22,23)73(102)96-61-84(28,29)107-53-46-80(20,21)71(100)94-59-76(12,13)57-74(7,8)9/h90H,35-67H2,1-34H3,(H,91,97)(H,92,98)(H,93,99)(H,94,100)(H,95,101)(H,96,102). The number of carbonyl (C=O) groups excluding carboxylic acids is 6. The molecule has 0 aliphatic rings. The van der Waals surface area contributed by atoms with E-state index in [1.807, 2.05) is 96.9 Å². The van der Waals surface area contributed by atoms with Crippen molar-refractivity contribution in [2.75, 3.05) is 105 Å². The van der Waals surface area contributed by atoms with Crippen LogP contribution in [0.2, 0.25) is 0 Å². The summed E-state index contributed by atoms with van der Waals surface area (Å²) in [5.41, 5.74) is -5.20. The second-order valence-electron chi connectivity index (χ2n) is 42.6. The molecule has 0 aliphatic heterocycles. The van der Waals surface area contributed by atoms with E-state index in [0.717, 1.165) is 64.5 Å². The molecule has 5 unspecified atom stereocenters. The summed E-state index contributed by atoms with van der Waals surface area (Å²) in [6, 6.07) is 0. The van der Waals surface area contributed by atoms with E-state index in [4.69, 9.17) is 28.4 Å². The van der Waals surface area contributed by atoms with Gasteiger partial charge in [-0.1, -0.05) is 193 Å². The summed E-state index contributed by atoms with van der Waals surface area (Å²) in [4.78, 5) is 80.5. The second-order valence-corrected chi connectivity index (χ2v) is 42.6. The third kappa shape index (κ3) is 43.7. The average Bonchev–Trinajstić information content (AvgIpc) is 0.765. The first-order chi connectivity index (χ1) is 48.9. The lowest BCUT2D eigenvalue weighted by molar-refractivity contribution is -0.134. The zero-order chi connectivity index (χ0) is 84.0. The Labute approximate surface area is 663 Å². The van der Waals surface area contributed by atoms with E-state index in [2.05, 4.69) is 176 Å². The maximum atomic E-state index is 13.6. The first kappa shape index (κ1) is 105. The van der Waals surface area contributed by atoms with Gasteiger partial charge in [-0.15, -0.1) is 0 Å². The molecule has 19 heteroatoms. The lowest BCUT2D eigenvalue weighted by Gasteiger charge is -2.35. The van der Waals surface area contributed by atoms with E-state index in [9.17, 15) is 28.8 Å². The number of nitrogens with one attached hydrogen (secondary N) is 7. The van der Waals surface area contributed by atoms with Gasteiger partial charge in [-0.25, -0.2) is 0 Å². The molecule has 0 aromatic carbocycles. The molecule has 19 nitrogen and oxygen atoms in total. The lowest BCUT2D eigenvalue weighted by atomic mass is 9.73. The van der Waals surface area contributed by atoms with Crippen molar-refractivity contribution in [2.24, 2.45) is 65.0 Å². The van der Waals surface area contributed by atoms with Crippen LogP contribution in [-0.2, 0) is 57.2 Å². The molecule has 5 atom stereocenters. The molecule has 0 saturated heterocycles. The number of carbonyl (C=O) groups is 6. The van der Waals surface area contributed by atoms with Gasteiger partial charge in [-0.05, 0) is 171 Å². The Balaban J connectivity index is 4.99. The molecule has 108 heavy (non-hydrogen) atoms. The number of ether oxygens (including phenoxy) is 6. The molecule has 0 spiro atoms. The molecule has 0 bridgehead atoms. The smallest absolute Gasteiger partial charge is 0.225 e. The van der Waals surface area contributed by atoms with Crippen LogP contribution in [0.5, 0.6) is 0 Å². The lowest BCUT2D eigenvalue weighted by Crippen LogP contribution is -2.46. The first-order valence-electron chi connectivity index (χ1n) is 42.0. The predicted octanol–water partition coefficient (Wildman–Crippen LogP) is 17.5. The van der Waals surface area contributed by atoms with E-state index < -0.39 is 44.1 Å². The summed E-state index contributed by atoms with van der Waals surface area (Å²) in [6.07, 6.45) is 12.1. The topological polar surface area (TPSA) is 242 Å². The zero-order valence-electron chi connectivity index (χ0n) is 76.7. The van der Waals surface area contributed by atoms with Crippen LogP contribution in [0.3, 0.4) is 0 Å². The van der Waals surface area contributed by atoms with Crippen molar-refractivity contribution >= 4 is 35.4 Å². The average molecular weight is 1540 g/mol. The van der Waals surface area contributed by atoms with E-state index in [1.54, 1.807) is 0 Å². The Morgan fingerprint density at radius 1 is 0.278 bits per heavy atom. The molecule has 0 saturated carbocycles. The number of rotatable bonds is 60. The van der Waals surface area contributed by atoms with Gasteiger partial charge in [0.25, 0.3) is 0 Å². The Morgan fingerprint density at radius 2 is 0.583 bits per heavy atom. The summed E-state index contributed by atoms with van der Waals surface area (Å²) in [6.45, 7) is 79.6. The van der Waals surface area contributed by atoms with Crippen molar-refractivity contribution in [3.8, 4) is 0 Å². The highest BCUT2D eigenvalue weighted by Crippen LogP contribution is 2.38. The minimum absolute atomic E-state index is 0.00368. The third-order valence-electron chi connectivity index (χ3n) is 23.6. The van der Waals surface area contributed by atoms with E-state index in [-0.39, 0.29) is 78.8 Å². The fourth-order valence-corrected chi connectivity index (χ4v) is 13.4. The van der Waals surface area contributed by atoms with Crippen molar-refractivity contribution in [1.29, 1.82) is 0 Å². The highest BCUT2D eigenvalue weighted by molar-refractivity contribution is 5.83. The fourth-order valence-electron chi connectivity index (χ4n) is 13.4. The summed E-state index contributed by atoms with van der Waals surface area (Å²) in [5, 5.41) is 22.7. The minimum Gasteiger partial charge on any atom is -0.380 e. The normalized spacial score (nSPS) is 16.3. The molecule has 638 valence electrons. The van der Waals surface area contributed by atoms with E-state index >= 15 is 0 Å². The molecule has 0 aromatic heterocycles. The van der Waals surface area contributed by atoms with Crippen LogP contribution in [0.4, 0.5) is 0 Å². The zero-order valence-corrected chi connectivity index (χ0v) is 76.7. The van der Waals surface area contributed by atoms with E-state index in [1.165, 1.54) is 0 Å². The van der Waals surface area contributed by atoms with Gasteiger partial charge < -0.3 is 65.6 Å². The monoisotopic (exact) mass is 1530 g/mol. The van der Waals surface area contributed by atoms with Crippen molar-refractivity contribution in [3.05, 3.63) is 0 Å². The fraction of sp³-hybridized carbons (Fsp3) is 0.933. The largest absolute Gasteiger partial charge is 0.380 e. The van der Waals surface area contributed by atoms with Crippen LogP contribution >= 0.6 is 0 Å². The molecule has 0 radical (unpaired) electrons. The van der Waals surface area contributed by atoms with Crippen LogP contribution in [0.15, 0.2) is 0 Å². The summed E-state index contributed by atoms with van der Waals surface area (Å²) in [7, 11) is 0.